The zero-order valence-electron chi connectivity index (χ0n) is 11.4. The van der Waals surface area contributed by atoms with E-state index in [0.717, 1.165) is 22.1 Å². The average molecular weight is 246 g/mol. The predicted molar refractivity (Wildman–Crippen MR) is 71.3 cm³/mol. The van der Waals surface area contributed by atoms with Crippen LogP contribution in [0.1, 0.15) is 48.0 Å². The Labute approximate surface area is 106 Å². The number of rotatable bonds is 1. The van der Waals surface area contributed by atoms with Gasteiger partial charge in [0.15, 0.2) is 0 Å². The van der Waals surface area contributed by atoms with Crippen molar-refractivity contribution in [3.63, 3.8) is 0 Å². The van der Waals surface area contributed by atoms with Crippen molar-refractivity contribution in [3.8, 4) is 0 Å². The van der Waals surface area contributed by atoms with Crippen LogP contribution < -0.4 is 0 Å². The van der Waals surface area contributed by atoms with Gasteiger partial charge in [-0.3, -0.25) is 0 Å². The molecular weight excluding hydrogens is 228 g/mol. The van der Waals surface area contributed by atoms with Crippen LogP contribution in [0.5, 0.6) is 0 Å². The van der Waals surface area contributed by atoms with E-state index in [2.05, 4.69) is 0 Å². The molecular formula is C15H18O3. The molecule has 0 aliphatic heterocycles. The zero-order chi connectivity index (χ0) is 13.7. The van der Waals surface area contributed by atoms with E-state index in [-0.39, 0.29) is 11.2 Å². The van der Waals surface area contributed by atoms with Crippen molar-refractivity contribution >= 4 is 16.9 Å². The summed E-state index contributed by atoms with van der Waals surface area (Å²) in [6.45, 7) is 9.95. The van der Waals surface area contributed by atoms with Crippen LogP contribution in [0.15, 0.2) is 16.5 Å². The Bertz CT molecular complexity index is 627. The summed E-state index contributed by atoms with van der Waals surface area (Å²) in [6, 6.07) is 3.96. The monoisotopic (exact) mass is 246 g/mol. The first-order valence-corrected chi connectivity index (χ1v) is 6.00. The highest BCUT2D eigenvalue weighted by atomic mass is 16.4. The molecule has 0 radical (unpaired) electrons. The maximum Gasteiger partial charge on any atom is 0.372 e. The predicted octanol–water partition coefficient (Wildman–Crippen LogP) is 4.05. The smallest absolute Gasteiger partial charge is 0.372 e. The number of carboxylic acid groups (broad SMARTS) is 1. The topological polar surface area (TPSA) is 50.4 Å². The van der Waals surface area contributed by atoms with E-state index in [4.69, 9.17) is 4.42 Å². The van der Waals surface area contributed by atoms with E-state index in [1.807, 2.05) is 46.8 Å². The second-order valence-electron chi connectivity index (χ2n) is 5.75. The van der Waals surface area contributed by atoms with E-state index >= 15 is 0 Å². The van der Waals surface area contributed by atoms with Gasteiger partial charge in [-0.2, -0.15) is 0 Å². The standard InChI is InChI=1S/C15H18O3/c1-8-6-7-10-11(15(3,4)5)13(14(16)17)18-12(10)9(8)2/h6-7H,1-5H3,(H,16,17). The molecule has 96 valence electrons. The van der Waals surface area contributed by atoms with Gasteiger partial charge in [0.25, 0.3) is 0 Å². The van der Waals surface area contributed by atoms with Crippen molar-refractivity contribution in [2.24, 2.45) is 0 Å². The molecule has 0 aliphatic rings. The molecule has 0 bridgehead atoms. The van der Waals surface area contributed by atoms with Crippen LogP contribution in [0.4, 0.5) is 0 Å². The summed E-state index contributed by atoms with van der Waals surface area (Å²) in [5.74, 6) is -0.945. The van der Waals surface area contributed by atoms with E-state index in [1.54, 1.807) is 0 Å². The fourth-order valence-corrected chi connectivity index (χ4v) is 2.29. The number of aromatic carboxylic acids is 1. The third-order valence-electron chi connectivity index (χ3n) is 3.32. The molecule has 0 amide bonds. The summed E-state index contributed by atoms with van der Waals surface area (Å²) in [6.07, 6.45) is 0. The molecule has 1 aromatic heterocycles. The zero-order valence-corrected chi connectivity index (χ0v) is 11.4. The molecule has 1 heterocycles. The summed E-state index contributed by atoms with van der Waals surface area (Å²) >= 11 is 0. The SMILES string of the molecule is Cc1ccc2c(C(C)(C)C)c(C(=O)O)oc2c1C. The highest BCUT2D eigenvalue weighted by molar-refractivity contribution is 5.97. The molecule has 0 fully saturated rings. The maximum absolute atomic E-state index is 11.3. The first kappa shape index (κ1) is 12.7. The second-order valence-corrected chi connectivity index (χ2v) is 5.75. The lowest BCUT2D eigenvalue weighted by molar-refractivity contribution is 0.0661. The summed E-state index contributed by atoms with van der Waals surface area (Å²) < 4.78 is 5.60. The quantitative estimate of drug-likeness (QED) is 0.826. The molecule has 0 atom stereocenters. The van der Waals surface area contributed by atoms with Gasteiger partial charge in [-0.25, -0.2) is 4.79 Å². The van der Waals surface area contributed by atoms with E-state index < -0.39 is 5.97 Å². The van der Waals surface area contributed by atoms with Crippen LogP contribution in [-0.4, -0.2) is 11.1 Å². The average Bonchev–Trinajstić information content (AvgIpc) is 2.63. The fourth-order valence-electron chi connectivity index (χ4n) is 2.29. The second kappa shape index (κ2) is 3.87. The first-order chi connectivity index (χ1) is 8.23. The van der Waals surface area contributed by atoms with Crippen LogP contribution in [0, 0.1) is 13.8 Å². The number of furan rings is 1. The van der Waals surface area contributed by atoms with Crippen LogP contribution in [0.3, 0.4) is 0 Å². The van der Waals surface area contributed by atoms with Crippen molar-refractivity contribution in [2.45, 2.75) is 40.0 Å². The molecule has 0 saturated heterocycles. The van der Waals surface area contributed by atoms with Gasteiger partial charge in [0, 0.05) is 10.9 Å². The summed E-state index contributed by atoms with van der Waals surface area (Å²) in [5, 5.41) is 10.2. The van der Waals surface area contributed by atoms with Crippen molar-refractivity contribution < 1.29 is 14.3 Å². The van der Waals surface area contributed by atoms with Gasteiger partial charge in [-0.15, -0.1) is 0 Å². The highest BCUT2D eigenvalue weighted by Crippen LogP contribution is 2.37. The van der Waals surface area contributed by atoms with Gasteiger partial charge in [0.05, 0.1) is 0 Å². The lowest BCUT2D eigenvalue weighted by Gasteiger charge is -2.18. The minimum absolute atomic E-state index is 0.0613. The van der Waals surface area contributed by atoms with Crippen LogP contribution >= 0.6 is 0 Å². The summed E-state index contributed by atoms with van der Waals surface area (Å²) in [7, 11) is 0. The van der Waals surface area contributed by atoms with E-state index in [9.17, 15) is 9.90 Å². The van der Waals surface area contributed by atoms with Crippen molar-refractivity contribution in [3.05, 3.63) is 34.6 Å². The number of aryl methyl sites for hydroxylation is 2. The van der Waals surface area contributed by atoms with Crippen molar-refractivity contribution in [1.29, 1.82) is 0 Å². The van der Waals surface area contributed by atoms with E-state index in [0.29, 0.717) is 5.58 Å². The molecule has 0 aliphatic carbocycles. The highest BCUT2D eigenvalue weighted by Gasteiger charge is 2.29. The van der Waals surface area contributed by atoms with Gasteiger partial charge in [-0.1, -0.05) is 32.9 Å². The molecule has 2 aromatic rings. The third-order valence-corrected chi connectivity index (χ3v) is 3.32. The number of carboxylic acids is 1. The number of hydrogen-bond donors (Lipinski definition) is 1. The van der Waals surface area contributed by atoms with Gasteiger partial charge in [0.2, 0.25) is 5.76 Å². The molecule has 0 unspecified atom stereocenters. The molecule has 18 heavy (non-hydrogen) atoms. The minimum Gasteiger partial charge on any atom is -0.475 e. The lowest BCUT2D eigenvalue weighted by Crippen LogP contribution is -2.15. The molecule has 3 heteroatoms. The Kier molecular flexibility index (Phi) is 2.73. The molecule has 3 nitrogen and oxygen atoms in total. The normalized spacial score (nSPS) is 12.1. The Morgan fingerprint density at radius 3 is 2.33 bits per heavy atom. The molecule has 2 rings (SSSR count). The molecule has 0 spiro atoms. The third kappa shape index (κ3) is 1.80. The van der Waals surface area contributed by atoms with Crippen molar-refractivity contribution in [2.75, 3.05) is 0 Å². The molecule has 1 aromatic carbocycles. The number of benzene rings is 1. The molecule has 0 saturated carbocycles. The molecule has 1 N–H and O–H groups in total. The van der Waals surface area contributed by atoms with E-state index in [1.165, 1.54) is 0 Å². The minimum atomic E-state index is -1.01. The Morgan fingerprint density at radius 2 is 1.83 bits per heavy atom. The van der Waals surface area contributed by atoms with Crippen molar-refractivity contribution in [1.82, 2.24) is 0 Å². The Hall–Kier alpha value is -1.77. The largest absolute Gasteiger partial charge is 0.475 e. The van der Waals surface area contributed by atoms with Gasteiger partial charge >= 0.3 is 5.97 Å². The summed E-state index contributed by atoms with van der Waals surface area (Å²) in [4.78, 5) is 11.3. The number of fused-ring (bicyclic) bond motifs is 1. The van der Waals surface area contributed by atoms with Crippen LogP contribution in [0.25, 0.3) is 11.0 Å². The number of hydrogen-bond acceptors (Lipinski definition) is 2. The summed E-state index contributed by atoms with van der Waals surface area (Å²) in [5.41, 5.74) is 3.31. The van der Waals surface area contributed by atoms with Crippen LogP contribution in [0.2, 0.25) is 0 Å². The van der Waals surface area contributed by atoms with Crippen LogP contribution in [-0.2, 0) is 5.41 Å². The fraction of sp³-hybridized carbons (Fsp3) is 0.400. The lowest BCUT2D eigenvalue weighted by atomic mass is 9.84. The van der Waals surface area contributed by atoms with Gasteiger partial charge < -0.3 is 9.52 Å². The first-order valence-electron chi connectivity index (χ1n) is 6.00. The van der Waals surface area contributed by atoms with Gasteiger partial charge in [0.1, 0.15) is 5.58 Å². The Balaban J connectivity index is 2.94. The maximum atomic E-state index is 11.3. The van der Waals surface area contributed by atoms with Gasteiger partial charge in [-0.05, 0) is 30.4 Å². The Morgan fingerprint density at radius 1 is 1.22 bits per heavy atom. The number of carbonyl (C=O) groups is 1.